The van der Waals surface area contributed by atoms with E-state index in [-0.39, 0.29) is 24.4 Å². The molecule has 0 spiro atoms. The monoisotopic (exact) mass is 488 g/mol. The Morgan fingerprint density at radius 1 is 1.12 bits per heavy atom. The second-order valence-electron chi connectivity index (χ2n) is 8.84. The standard InChI is InChI=1S/C26H26F2N2O3.ClH/c1-17-22(9-6-19-3-2-12-29-24(17)19)18-4-7-20(8-5-18)33-21-10-13-30(14-11-21)25(31)23-15-26(27,28)16-32-23;/h2-9,12,21,23H,10-11,13-16H2,1H3;1H. The average Bonchev–Trinajstić information content (AvgIpc) is 3.20. The first-order valence-corrected chi connectivity index (χ1v) is 11.3. The maximum absolute atomic E-state index is 13.3. The van der Waals surface area contributed by atoms with Crippen molar-refractivity contribution in [1.82, 2.24) is 9.88 Å². The van der Waals surface area contributed by atoms with Crippen molar-refractivity contribution >= 4 is 29.2 Å². The number of pyridine rings is 1. The van der Waals surface area contributed by atoms with Gasteiger partial charge in [-0.2, -0.15) is 0 Å². The van der Waals surface area contributed by atoms with Crippen molar-refractivity contribution in [2.45, 2.75) is 44.3 Å². The molecule has 2 aromatic carbocycles. The molecule has 1 amide bonds. The van der Waals surface area contributed by atoms with Crippen molar-refractivity contribution in [3.8, 4) is 16.9 Å². The minimum Gasteiger partial charge on any atom is -0.490 e. The van der Waals surface area contributed by atoms with Crippen LogP contribution in [0.15, 0.2) is 54.7 Å². The van der Waals surface area contributed by atoms with Gasteiger partial charge < -0.3 is 14.4 Å². The lowest BCUT2D eigenvalue weighted by Gasteiger charge is -2.33. The maximum atomic E-state index is 13.3. The Hall–Kier alpha value is -2.77. The first kappa shape index (κ1) is 24.4. The highest BCUT2D eigenvalue weighted by molar-refractivity contribution is 5.88. The summed E-state index contributed by atoms with van der Waals surface area (Å²) in [5, 5.41) is 1.12. The zero-order chi connectivity index (χ0) is 23.0. The molecule has 3 aromatic rings. The van der Waals surface area contributed by atoms with Gasteiger partial charge in [-0.3, -0.25) is 9.78 Å². The van der Waals surface area contributed by atoms with Crippen LogP contribution in [0.4, 0.5) is 8.78 Å². The quantitative estimate of drug-likeness (QED) is 0.491. The molecule has 0 radical (unpaired) electrons. The fourth-order valence-corrected chi connectivity index (χ4v) is 4.68. The number of amides is 1. The van der Waals surface area contributed by atoms with Gasteiger partial charge in [0.15, 0.2) is 0 Å². The van der Waals surface area contributed by atoms with Crippen molar-refractivity contribution < 1.29 is 23.0 Å². The molecule has 180 valence electrons. The molecule has 8 heteroatoms. The molecule has 0 aliphatic carbocycles. The summed E-state index contributed by atoms with van der Waals surface area (Å²) in [7, 11) is 0. The first-order chi connectivity index (χ1) is 15.9. The van der Waals surface area contributed by atoms with Crippen LogP contribution in [0.3, 0.4) is 0 Å². The number of aryl methyl sites for hydroxylation is 1. The number of halogens is 3. The van der Waals surface area contributed by atoms with E-state index >= 15 is 0 Å². The van der Waals surface area contributed by atoms with Gasteiger partial charge in [-0.25, -0.2) is 8.78 Å². The number of likely N-dealkylation sites (tertiary alicyclic amines) is 1. The van der Waals surface area contributed by atoms with Crippen LogP contribution < -0.4 is 4.74 Å². The second kappa shape index (κ2) is 9.84. The van der Waals surface area contributed by atoms with Crippen LogP contribution in [0.2, 0.25) is 0 Å². The van der Waals surface area contributed by atoms with Gasteiger partial charge in [-0.15, -0.1) is 12.4 Å². The van der Waals surface area contributed by atoms with Crippen LogP contribution in [-0.2, 0) is 9.53 Å². The number of hydrogen-bond acceptors (Lipinski definition) is 4. The fourth-order valence-electron chi connectivity index (χ4n) is 4.68. The molecule has 5 rings (SSSR count). The normalized spacial score (nSPS) is 20.2. The molecule has 0 bridgehead atoms. The topological polar surface area (TPSA) is 51.7 Å². The van der Waals surface area contributed by atoms with Crippen molar-refractivity contribution in [2.24, 2.45) is 0 Å². The largest absolute Gasteiger partial charge is 0.490 e. The zero-order valence-corrected chi connectivity index (χ0v) is 19.7. The number of piperidine rings is 1. The maximum Gasteiger partial charge on any atom is 0.274 e. The summed E-state index contributed by atoms with van der Waals surface area (Å²) in [5.74, 6) is -2.47. The number of carbonyl (C=O) groups is 1. The number of nitrogens with zero attached hydrogens (tertiary/aromatic N) is 2. The average molecular weight is 489 g/mol. The lowest BCUT2D eigenvalue weighted by Crippen LogP contribution is -2.46. The third kappa shape index (κ3) is 5.00. The number of carbonyl (C=O) groups excluding carboxylic acids is 1. The Morgan fingerprint density at radius 3 is 2.53 bits per heavy atom. The number of ether oxygens (including phenoxy) is 2. The predicted octanol–water partition coefficient (Wildman–Crippen LogP) is 5.43. The van der Waals surface area contributed by atoms with Gasteiger partial charge in [-0.05, 0) is 41.8 Å². The van der Waals surface area contributed by atoms with Gasteiger partial charge in [0.25, 0.3) is 11.8 Å². The Kier molecular flexibility index (Phi) is 7.05. The van der Waals surface area contributed by atoms with E-state index in [2.05, 4.69) is 30.1 Å². The summed E-state index contributed by atoms with van der Waals surface area (Å²) in [6, 6.07) is 16.2. The molecule has 1 unspecified atom stereocenters. The van der Waals surface area contributed by atoms with Crippen molar-refractivity contribution in [2.75, 3.05) is 19.7 Å². The van der Waals surface area contributed by atoms with Gasteiger partial charge in [-0.1, -0.05) is 30.3 Å². The highest BCUT2D eigenvalue weighted by atomic mass is 35.5. The summed E-state index contributed by atoms with van der Waals surface area (Å²) < 4.78 is 37.8. The van der Waals surface area contributed by atoms with Crippen LogP contribution in [0.1, 0.15) is 24.8 Å². The Labute approximate surface area is 203 Å². The Bertz CT molecular complexity index is 1160. The van der Waals surface area contributed by atoms with Crippen LogP contribution >= 0.6 is 12.4 Å². The van der Waals surface area contributed by atoms with E-state index in [1.807, 2.05) is 36.5 Å². The molecular weight excluding hydrogens is 462 g/mol. The number of benzene rings is 2. The number of aromatic nitrogens is 1. The highest BCUT2D eigenvalue weighted by Gasteiger charge is 2.45. The Balaban J connectivity index is 0.00000274. The number of alkyl halides is 2. The minimum atomic E-state index is -2.91. The third-order valence-corrected chi connectivity index (χ3v) is 6.50. The van der Waals surface area contributed by atoms with Crippen LogP contribution in [0.5, 0.6) is 5.75 Å². The summed E-state index contributed by atoms with van der Waals surface area (Å²) in [4.78, 5) is 18.6. The number of hydrogen-bond donors (Lipinski definition) is 0. The van der Waals surface area contributed by atoms with E-state index in [0.29, 0.717) is 25.9 Å². The van der Waals surface area contributed by atoms with E-state index < -0.39 is 25.1 Å². The molecule has 0 N–H and O–H groups in total. The SMILES string of the molecule is Cc1c(-c2ccc(OC3CCN(C(=O)C4CC(F)(F)CO4)CC3)cc2)ccc2cccnc12.Cl. The lowest BCUT2D eigenvalue weighted by molar-refractivity contribution is -0.142. The molecule has 34 heavy (non-hydrogen) atoms. The molecule has 3 heterocycles. The molecule has 2 aliphatic heterocycles. The Morgan fingerprint density at radius 2 is 1.85 bits per heavy atom. The molecule has 2 aliphatic rings. The highest BCUT2D eigenvalue weighted by Crippen LogP contribution is 2.32. The van der Waals surface area contributed by atoms with Crippen molar-refractivity contribution in [3.05, 3.63) is 60.3 Å². The number of fused-ring (bicyclic) bond motifs is 1. The molecule has 0 saturated carbocycles. The smallest absolute Gasteiger partial charge is 0.274 e. The van der Waals surface area contributed by atoms with E-state index in [1.54, 1.807) is 4.90 Å². The van der Waals surface area contributed by atoms with E-state index in [9.17, 15) is 13.6 Å². The van der Waals surface area contributed by atoms with Crippen molar-refractivity contribution in [1.29, 1.82) is 0 Å². The van der Waals surface area contributed by atoms with E-state index in [0.717, 1.165) is 33.3 Å². The summed E-state index contributed by atoms with van der Waals surface area (Å²) in [6.07, 6.45) is 1.56. The zero-order valence-electron chi connectivity index (χ0n) is 18.9. The van der Waals surface area contributed by atoms with Gasteiger partial charge >= 0.3 is 0 Å². The molecule has 5 nitrogen and oxygen atoms in total. The third-order valence-electron chi connectivity index (χ3n) is 6.50. The van der Waals surface area contributed by atoms with Crippen LogP contribution in [0.25, 0.3) is 22.0 Å². The summed E-state index contributed by atoms with van der Waals surface area (Å²) in [6.45, 7) is 2.38. The fraction of sp³-hybridized carbons (Fsp3) is 0.385. The second-order valence-corrected chi connectivity index (χ2v) is 8.84. The van der Waals surface area contributed by atoms with Gasteiger partial charge in [0.1, 0.15) is 24.6 Å². The molecule has 2 fully saturated rings. The van der Waals surface area contributed by atoms with Gasteiger partial charge in [0.2, 0.25) is 0 Å². The molecule has 1 atom stereocenters. The molecule has 1 aromatic heterocycles. The molecule has 2 saturated heterocycles. The summed E-state index contributed by atoms with van der Waals surface area (Å²) in [5.41, 5.74) is 4.38. The van der Waals surface area contributed by atoms with E-state index in [1.165, 1.54) is 0 Å². The lowest BCUT2D eigenvalue weighted by atomic mass is 9.98. The van der Waals surface area contributed by atoms with Crippen LogP contribution in [0, 0.1) is 6.92 Å². The first-order valence-electron chi connectivity index (χ1n) is 11.3. The van der Waals surface area contributed by atoms with Gasteiger partial charge in [0.05, 0.1) is 5.52 Å². The van der Waals surface area contributed by atoms with Gasteiger partial charge in [0, 0.05) is 43.9 Å². The van der Waals surface area contributed by atoms with Crippen molar-refractivity contribution in [3.63, 3.8) is 0 Å². The molecular formula is C26H27ClF2N2O3. The van der Waals surface area contributed by atoms with Crippen LogP contribution in [-0.4, -0.2) is 53.6 Å². The minimum absolute atomic E-state index is 0. The predicted molar refractivity (Wildman–Crippen MR) is 129 cm³/mol. The number of rotatable bonds is 4. The summed E-state index contributed by atoms with van der Waals surface area (Å²) >= 11 is 0. The van der Waals surface area contributed by atoms with E-state index in [4.69, 9.17) is 9.47 Å².